The van der Waals surface area contributed by atoms with Gasteiger partial charge in [-0.2, -0.15) is 0 Å². The van der Waals surface area contributed by atoms with E-state index in [4.69, 9.17) is 8.83 Å². The van der Waals surface area contributed by atoms with Gasteiger partial charge in [-0.1, -0.05) is 198 Å². The summed E-state index contributed by atoms with van der Waals surface area (Å²) in [7, 11) is 0. The molecule has 2 heteroatoms. The Bertz CT molecular complexity index is 3850. The maximum atomic E-state index is 7.46. The molecule has 6 aliphatic rings. The molecule has 9 aromatic carbocycles. The van der Waals surface area contributed by atoms with Crippen molar-refractivity contribution in [3.8, 4) is 67.2 Å². The van der Waals surface area contributed by atoms with Crippen LogP contribution in [-0.2, 0) is 21.7 Å². The minimum absolute atomic E-state index is 0.323. The molecule has 0 radical (unpaired) electrons. The van der Waals surface area contributed by atoms with Gasteiger partial charge in [0.2, 0.25) is 0 Å². The molecule has 0 saturated carbocycles. The third-order valence-electron chi connectivity index (χ3n) is 17.9. The fourth-order valence-corrected chi connectivity index (χ4v) is 15.4. The number of furan rings is 2. The van der Waals surface area contributed by atoms with E-state index in [1.165, 1.54) is 133 Å². The molecule has 0 saturated heterocycles. The van der Waals surface area contributed by atoms with E-state index in [1.54, 1.807) is 0 Å². The lowest BCUT2D eigenvalue weighted by atomic mass is 9.70. The first-order valence-electron chi connectivity index (χ1n) is 24.3. The van der Waals surface area contributed by atoms with Crippen LogP contribution in [0.5, 0.6) is 0 Å². The van der Waals surface area contributed by atoms with Gasteiger partial charge in [0.1, 0.15) is 22.7 Å². The van der Waals surface area contributed by atoms with Gasteiger partial charge in [-0.25, -0.2) is 0 Å². The SMILES string of the molecule is CC1(C)c2cc3c(cc2-c2oc4c5c(ccc4c21)C1(c2ccccc2-c2ccccc21)c1ccccc1-5)C(C)(C)c1c-3oc2c3c(ccc12)C1(c2ccccc2-c2ccccc21)c1ccccc1-3. The Morgan fingerprint density at radius 3 is 0.912 bits per heavy atom. The van der Waals surface area contributed by atoms with Crippen molar-refractivity contribution >= 4 is 21.9 Å². The van der Waals surface area contributed by atoms with Crippen LogP contribution in [0, 0.1) is 0 Å². The number of hydrogen-bond donors (Lipinski definition) is 0. The Morgan fingerprint density at radius 1 is 0.279 bits per heavy atom. The van der Waals surface area contributed by atoms with E-state index in [1.807, 2.05) is 0 Å². The first-order chi connectivity index (χ1) is 33.3. The Hall–Kier alpha value is -7.94. The minimum atomic E-state index is -0.416. The van der Waals surface area contributed by atoms with Crippen molar-refractivity contribution in [2.45, 2.75) is 49.4 Å². The number of benzene rings is 9. The first-order valence-corrected chi connectivity index (χ1v) is 24.3. The van der Waals surface area contributed by atoms with Crippen molar-refractivity contribution in [1.29, 1.82) is 0 Å². The molecule has 0 aliphatic heterocycles. The molecule has 17 rings (SSSR count). The summed E-state index contributed by atoms with van der Waals surface area (Å²) >= 11 is 0. The molecule has 68 heavy (non-hydrogen) atoms. The molecule has 2 nitrogen and oxygen atoms in total. The number of hydrogen-bond acceptors (Lipinski definition) is 2. The zero-order valence-corrected chi connectivity index (χ0v) is 38.1. The second kappa shape index (κ2) is 11.4. The number of fused-ring (bicyclic) bond motifs is 32. The van der Waals surface area contributed by atoms with E-state index in [0.717, 1.165) is 22.7 Å². The van der Waals surface area contributed by atoms with E-state index in [2.05, 4.69) is 210 Å². The highest BCUT2D eigenvalue weighted by Crippen LogP contribution is 2.68. The number of rotatable bonds is 0. The van der Waals surface area contributed by atoms with Crippen LogP contribution >= 0.6 is 0 Å². The second-order valence-corrected chi connectivity index (χ2v) is 21.3. The molecular weight excluding hydrogens is 825 g/mol. The summed E-state index contributed by atoms with van der Waals surface area (Å²) < 4.78 is 14.9. The molecule has 0 fully saturated rings. The average Bonchev–Trinajstić information content (AvgIpc) is 4.24. The van der Waals surface area contributed by atoms with Crippen molar-refractivity contribution in [1.82, 2.24) is 0 Å². The van der Waals surface area contributed by atoms with E-state index < -0.39 is 10.8 Å². The Balaban J connectivity index is 0.878. The topological polar surface area (TPSA) is 26.3 Å². The molecule has 2 spiro atoms. The summed E-state index contributed by atoms with van der Waals surface area (Å²) in [5, 5.41) is 2.40. The van der Waals surface area contributed by atoms with Gasteiger partial charge in [0.05, 0.1) is 10.8 Å². The molecule has 318 valence electrons. The summed E-state index contributed by atoms with van der Waals surface area (Å²) in [5.41, 5.74) is 29.0. The standard InChI is InChI=1S/C66H42O2/c1-63(2)53-33-44-54(34-43(53)61-57(63)41-29-31-51-55(59(41)67-61)39-21-9-15-27-49(39)65(51)45-23-11-5-17-35(45)36-18-6-12-24-46(36)65)64(3,4)58-42-30-32-52-56(60(42)68-62(44)58)40-22-10-16-28-50(40)66(52)47-25-13-7-19-37(47)38-20-8-14-26-48(38)66/h5-34H,1-4H3. The summed E-state index contributed by atoms with van der Waals surface area (Å²) in [6.45, 7) is 9.58. The Labute approximate surface area is 394 Å². The highest BCUT2D eigenvalue weighted by Gasteiger charge is 2.55. The lowest BCUT2D eigenvalue weighted by molar-refractivity contribution is 0.617. The molecule has 0 unspecified atom stereocenters. The van der Waals surface area contributed by atoms with Crippen LogP contribution in [0.3, 0.4) is 0 Å². The third kappa shape index (κ3) is 3.63. The lowest BCUT2D eigenvalue weighted by Crippen LogP contribution is -2.25. The maximum Gasteiger partial charge on any atom is 0.143 e. The summed E-state index contributed by atoms with van der Waals surface area (Å²) in [4.78, 5) is 0. The van der Waals surface area contributed by atoms with Crippen LogP contribution in [-0.4, -0.2) is 0 Å². The molecule has 0 N–H and O–H groups in total. The van der Waals surface area contributed by atoms with Gasteiger partial charge in [0.15, 0.2) is 0 Å². The summed E-state index contributed by atoms with van der Waals surface area (Å²) in [5.74, 6) is 2.01. The molecule has 2 heterocycles. The third-order valence-corrected chi connectivity index (χ3v) is 17.9. The fourth-order valence-electron chi connectivity index (χ4n) is 15.4. The molecular formula is C66H42O2. The van der Waals surface area contributed by atoms with Crippen LogP contribution in [0.4, 0.5) is 0 Å². The average molecular weight is 867 g/mol. The molecule has 0 amide bonds. The van der Waals surface area contributed by atoms with Crippen LogP contribution < -0.4 is 0 Å². The quantitative estimate of drug-likeness (QED) is 0.152. The summed E-state index contributed by atoms with van der Waals surface area (Å²) in [6, 6.07) is 68.8. The van der Waals surface area contributed by atoms with Crippen molar-refractivity contribution in [3.05, 3.63) is 249 Å². The smallest absolute Gasteiger partial charge is 0.143 e. The Kier molecular flexibility index (Phi) is 6.08. The second-order valence-electron chi connectivity index (χ2n) is 21.3. The predicted octanol–water partition coefficient (Wildman–Crippen LogP) is 16.5. The monoisotopic (exact) mass is 866 g/mol. The van der Waals surface area contributed by atoms with Crippen molar-refractivity contribution < 1.29 is 8.83 Å². The van der Waals surface area contributed by atoms with Crippen molar-refractivity contribution in [3.63, 3.8) is 0 Å². The minimum Gasteiger partial charge on any atom is -0.455 e. The van der Waals surface area contributed by atoms with Crippen molar-refractivity contribution in [2.75, 3.05) is 0 Å². The zero-order chi connectivity index (χ0) is 44.8. The van der Waals surface area contributed by atoms with Gasteiger partial charge in [0, 0.05) is 55.0 Å². The predicted molar refractivity (Wildman–Crippen MR) is 274 cm³/mol. The van der Waals surface area contributed by atoms with Gasteiger partial charge in [0.25, 0.3) is 0 Å². The van der Waals surface area contributed by atoms with Crippen molar-refractivity contribution in [2.24, 2.45) is 0 Å². The zero-order valence-electron chi connectivity index (χ0n) is 38.1. The van der Waals surface area contributed by atoms with Gasteiger partial charge in [-0.15, -0.1) is 0 Å². The van der Waals surface area contributed by atoms with E-state index >= 15 is 0 Å². The van der Waals surface area contributed by atoms with Gasteiger partial charge in [-0.3, -0.25) is 0 Å². The highest BCUT2D eigenvalue weighted by molar-refractivity contribution is 6.10. The maximum absolute atomic E-state index is 7.46. The van der Waals surface area contributed by atoms with Crippen LogP contribution in [0.25, 0.3) is 89.1 Å². The molecule has 2 aromatic heterocycles. The van der Waals surface area contributed by atoms with E-state index in [-0.39, 0.29) is 10.8 Å². The molecule has 11 aromatic rings. The van der Waals surface area contributed by atoms with E-state index in [9.17, 15) is 0 Å². The fraction of sp³-hybridized carbons (Fsp3) is 0.121. The van der Waals surface area contributed by atoms with Gasteiger partial charge < -0.3 is 8.83 Å². The van der Waals surface area contributed by atoms with E-state index in [0.29, 0.717) is 0 Å². The van der Waals surface area contributed by atoms with Crippen LogP contribution in [0.2, 0.25) is 0 Å². The van der Waals surface area contributed by atoms with Crippen LogP contribution in [0.1, 0.15) is 94.5 Å². The molecule has 0 atom stereocenters. The largest absolute Gasteiger partial charge is 0.455 e. The molecule has 0 bridgehead atoms. The summed E-state index contributed by atoms with van der Waals surface area (Å²) in [6.07, 6.45) is 0. The lowest BCUT2D eigenvalue weighted by Gasteiger charge is -2.30. The van der Waals surface area contributed by atoms with Gasteiger partial charge in [-0.05, 0) is 101 Å². The molecule has 6 aliphatic carbocycles. The normalized spacial score (nSPS) is 17.0. The first kappa shape index (κ1) is 36.2. The Morgan fingerprint density at radius 2 is 0.574 bits per heavy atom. The van der Waals surface area contributed by atoms with Crippen LogP contribution in [0.15, 0.2) is 191 Å². The van der Waals surface area contributed by atoms with Gasteiger partial charge >= 0.3 is 0 Å². The highest BCUT2D eigenvalue weighted by atomic mass is 16.3.